The minimum Gasteiger partial charge on any atom is -0.380 e. The Morgan fingerprint density at radius 2 is 2.11 bits per heavy atom. The van der Waals surface area contributed by atoms with Crippen LogP contribution in [0.1, 0.15) is 17.3 Å². The van der Waals surface area contributed by atoms with E-state index in [0.29, 0.717) is 34.8 Å². The molecule has 0 radical (unpaired) electrons. The minimum atomic E-state index is -0.430. The van der Waals surface area contributed by atoms with Gasteiger partial charge in [-0.3, -0.25) is 14.9 Å². The number of nitrogens with zero attached hydrogens (tertiary/aromatic N) is 3. The van der Waals surface area contributed by atoms with Crippen molar-refractivity contribution in [3.8, 4) is 0 Å². The maximum absolute atomic E-state index is 12.8. The third kappa shape index (κ3) is 4.32. The van der Waals surface area contributed by atoms with E-state index in [-0.39, 0.29) is 11.6 Å². The number of hydrogen-bond donors (Lipinski definition) is 0. The van der Waals surface area contributed by atoms with Crippen LogP contribution in [0.25, 0.3) is 10.2 Å². The van der Waals surface area contributed by atoms with Gasteiger partial charge in [0.1, 0.15) is 0 Å². The molecule has 28 heavy (non-hydrogen) atoms. The summed E-state index contributed by atoms with van der Waals surface area (Å²) < 4.78 is 8.02. The smallest absolute Gasteiger partial charge is 0.280 e. The lowest BCUT2D eigenvalue weighted by Crippen LogP contribution is -2.20. The van der Waals surface area contributed by atoms with E-state index in [4.69, 9.17) is 4.74 Å². The number of hydrogen-bond acceptors (Lipinski definition) is 6. The van der Waals surface area contributed by atoms with Gasteiger partial charge in [-0.05, 0) is 31.4 Å². The van der Waals surface area contributed by atoms with Gasteiger partial charge in [0, 0.05) is 30.2 Å². The largest absolute Gasteiger partial charge is 0.380 e. The molecular weight excluding hydrogens is 398 g/mol. The van der Waals surface area contributed by atoms with Gasteiger partial charge in [0.15, 0.2) is 4.80 Å². The molecule has 2 aromatic carbocycles. The average molecular weight is 418 g/mol. The van der Waals surface area contributed by atoms with Crippen molar-refractivity contribution in [2.75, 3.05) is 19.5 Å². The summed E-state index contributed by atoms with van der Waals surface area (Å²) in [6.07, 6.45) is 1.91. The lowest BCUT2D eigenvalue weighted by atomic mass is 10.2. The van der Waals surface area contributed by atoms with Gasteiger partial charge >= 0.3 is 0 Å². The average Bonchev–Trinajstić information content (AvgIpc) is 3.04. The molecule has 7 nitrogen and oxygen atoms in total. The van der Waals surface area contributed by atoms with E-state index >= 15 is 0 Å². The first-order chi connectivity index (χ1) is 13.5. The minimum absolute atomic E-state index is 0.0105. The van der Waals surface area contributed by atoms with Crippen molar-refractivity contribution in [3.05, 3.63) is 62.9 Å². The molecule has 146 valence electrons. The zero-order chi connectivity index (χ0) is 20.1. The van der Waals surface area contributed by atoms with E-state index in [1.165, 1.54) is 35.2 Å². The molecule has 0 aliphatic carbocycles. The fraction of sp³-hybridized carbons (Fsp3) is 0.263. The summed E-state index contributed by atoms with van der Waals surface area (Å²) in [5, 5.41) is 11.1. The number of thiazole rings is 1. The summed E-state index contributed by atoms with van der Waals surface area (Å²) in [7, 11) is 0. The Labute approximate surface area is 169 Å². The second-order valence-corrected chi connectivity index (χ2v) is 7.62. The maximum Gasteiger partial charge on any atom is 0.280 e. The Morgan fingerprint density at radius 3 is 2.82 bits per heavy atom. The number of ether oxygens (including phenoxy) is 1. The van der Waals surface area contributed by atoms with Gasteiger partial charge in [-0.1, -0.05) is 23.5 Å². The van der Waals surface area contributed by atoms with E-state index in [1.54, 1.807) is 18.2 Å². The Morgan fingerprint density at radius 1 is 1.32 bits per heavy atom. The van der Waals surface area contributed by atoms with Gasteiger partial charge in [-0.15, -0.1) is 11.8 Å². The Bertz CT molecular complexity index is 1090. The summed E-state index contributed by atoms with van der Waals surface area (Å²) in [6.45, 7) is 3.46. The monoisotopic (exact) mass is 417 g/mol. The van der Waals surface area contributed by atoms with Crippen LogP contribution < -0.4 is 4.80 Å². The molecule has 0 fully saturated rings. The molecule has 0 N–H and O–H groups in total. The summed E-state index contributed by atoms with van der Waals surface area (Å²) >= 11 is 2.74. The lowest BCUT2D eigenvalue weighted by molar-refractivity contribution is -0.384. The number of carbonyl (C=O) groups excluding carboxylic acids is 1. The highest BCUT2D eigenvalue weighted by atomic mass is 32.2. The van der Waals surface area contributed by atoms with Crippen molar-refractivity contribution in [2.24, 2.45) is 4.99 Å². The number of nitro groups is 1. The van der Waals surface area contributed by atoms with Crippen molar-refractivity contribution in [3.63, 3.8) is 0 Å². The zero-order valence-corrected chi connectivity index (χ0v) is 17.1. The van der Waals surface area contributed by atoms with E-state index in [9.17, 15) is 14.9 Å². The van der Waals surface area contributed by atoms with Crippen LogP contribution in [0.4, 0.5) is 5.69 Å². The summed E-state index contributed by atoms with van der Waals surface area (Å²) in [4.78, 5) is 29.1. The first kappa shape index (κ1) is 20.2. The molecule has 0 saturated heterocycles. The predicted octanol–water partition coefficient (Wildman–Crippen LogP) is 4.11. The van der Waals surface area contributed by atoms with Crippen LogP contribution >= 0.6 is 23.1 Å². The second kappa shape index (κ2) is 9.13. The third-order valence-corrected chi connectivity index (χ3v) is 5.91. The first-order valence-corrected chi connectivity index (χ1v) is 10.7. The molecule has 0 aliphatic heterocycles. The number of thioether (sulfide) groups is 1. The third-order valence-electron chi connectivity index (χ3n) is 4.08. The van der Waals surface area contributed by atoms with Crippen LogP contribution in [-0.4, -0.2) is 34.9 Å². The van der Waals surface area contributed by atoms with Gasteiger partial charge in [-0.25, -0.2) is 0 Å². The van der Waals surface area contributed by atoms with Crippen LogP contribution in [0.5, 0.6) is 0 Å². The normalized spacial score (nSPS) is 11.9. The standard InChI is InChI=1S/C19H19N3O4S2/c1-3-26-11-10-21-15-9-8-13(22(24)25)12-17(15)28-19(21)20-18(23)14-6-4-5-7-16(14)27-2/h4-9,12H,3,10-11H2,1-2H3. The van der Waals surface area contributed by atoms with Crippen LogP contribution in [0.15, 0.2) is 52.4 Å². The lowest BCUT2D eigenvalue weighted by Gasteiger charge is -2.06. The number of carbonyl (C=O) groups is 1. The van der Waals surface area contributed by atoms with E-state index in [2.05, 4.69) is 4.99 Å². The Kier molecular flexibility index (Phi) is 6.61. The van der Waals surface area contributed by atoms with Crippen molar-refractivity contribution in [2.45, 2.75) is 18.4 Å². The number of benzene rings is 2. The summed E-state index contributed by atoms with van der Waals surface area (Å²) in [5.41, 5.74) is 1.34. The van der Waals surface area contributed by atoms with Gasteiger partial charge in [0.25, 0.3) is 11.6 Å². The Balaban J connectivity index is 2.11. The maximum atomic E-state index is 12.8. The van der Waals surface area contributed by atoms with Crippen molar-refractivity contribution in [1.29, 1.82) is 0 Å². The van der Waals surface area contributed by atoms with Gasteiger partial charge in [0.2, 0.25) is 0 Å². The van der Waals surface area contributed by atoms with E-state index in [0.717, 1.165) is 10.4 Å². The molecule has 0 spiro atoms. The first-order valence-electron chi connectivity index (χ1n) is 8.62. The predicted molar refractivity (Wildman–Crippen MR) is 111 cm³/mol. The number of nitro benzene ring substituents is 1. The van der Waals surface area contributed by atoms with Crippen molar-refractivity contribution in [1.82, 2.24) is 4.57 Å². The molecule has 0 aliphatic rings. The molecule has 1 amide bonds. The number of amides is 1. The molecule has 0 bridgehead atoms. The highest BCUT2D eigenvalue weighted by Crippen LogP contribution is 2.24. The quantitative estimate of drug-likeness (QED) is 0.250. The highest BCUT2D eigenvalue weighted by Gasteiger charge is 2.14. The SMILES string of the molecule is CCOCCn1c(=NC(=O)c2ccccc2SC)sc2cc([N+](=O)[O-])ccc21. The fourth-order valence-electron chi connectivity index (χ4n) is 2.75. The molecule has 0 saturated carbocycles. The molecule has 1 aromatic heterocycles. The summed E-state index contributed by atoms with van der Waals surface area (Å²) in [6, 6.07) is 12.0. The molecule has 1 heterocycles. The topological polar surface area (TPSA) is 86.7 Å². The molecule has 0 atom stereocenters. The number of non-ortho nitro benzene ring substituents is 1. The number of aromatic nitrogens is 1. The second-order valence-electron chi connectivity index (χ2n) is 5.76. The Hall–Kier alpha value is -2.49. The zero-order valence-electron chi connectivity index (χ0n) is 15.5. The molecule has 3 aromatic rings. The van der Waals surface area contributed by atoms with Gasteiger partial charge in [-0.2, -0.15) is 4.99 Å². The van der Waals surface area contributed by atoms with Crippen LogP contribution in [0, 0.1) is 10.1 Å². The number of rotatable bonds is 7. The molecular formula is C19H19N3O4S2. The van der Waals surface area contributed by atoms with E-state index < -0.39 is 4.92 Å². The fourth-order valence-corrected chi connectivity index (χ4v) is 4.42. The summed E-state index contributed by atoms with van der Waals surface area (Å²) in [5.74, 6) is -0.337. The van der Waals surface area contributed by atoms with Crippen LogP contribution in [0.3, 0.4) is 0 Å². The van der Waals surface area contributed by atoms with Crippen LogP contribution in [0.2, 0.25) is 0 Å². The van der Waals surface area contributed by atoms with E-state index in [1.807, 2.05) is 29.9 Å². The van der Waals surface area contributed by atoms with Gasteiger partial charge < -0.3 is 9.30 Å². The molecule has 3 rings (SSSR count). The molecule has 0 unspecified atom stereocenters. The number of fused-ring (bicyclic) bond motifs is 1. The van der Waals surface area contributed by atoms with Gasteiger partial charge in [0.05, 0.1) is 27.3 Å². The highest BCUT2D eigenvalue weighted by molar-refractivity contribution is 7.98. The van der Waals surface area contributed by atoms with Crippen molar-refractivity contribution < 1.29 is 14.5 Å². The van der Waals surface area contributed by atoms with Crippen molar-refractivity contribution >= 4 is 44.9 Å². The molecule has 9 heteroatoms. The van der Waals surface area contributed by atoms with Crippen LogP contribution in [-0.2, 0) is 11.3 Å².